The van der Waals surface area contributed by atoms with Crippen molar-refractivity contribution in [1.82, 2.24) is 9.97 Å². The van der Waals surface area contributed by atoms with Crippen LogP contribution in [0.1, 0.15) is 35.9 Å². The second-order valence-corrected chi connectivity index (χ2v) is 4.66. The van der Waals surface area contributed by atoms with E-state index in [4.69, 9.17) is 16.7 Å². The standard InChI is InChI=1S/C12H18ClN3O2/c1-8(6-17)4-3-5-14-12-10(7-18)11(13)15-9(2)16-12/h7-8,17H,3-6H2,1-2H3,(H,14,15,16). The predicted molar refractivity (Wildman–Crippen MR) is 71.1 cm³/mol. The number of aryl methyl sites for hydroxylation is 1. The highest BCUT2D eigenvalue weighted by Crippen LogP contribution is 2.19. The van der Waals surface area contributed by atoms with E-state index in [9.17, 15) is 4.79 Å². The number of anilines is 1. The van der Waals surface area contributed by atoms with Crippen molar-refractivity contribution in [2.75, 3.05) is 18.5 Å². The molecule has 0 aliphatic heterocycles. The highest BCUT2D eigenvalue weighted by molar-refractivity contribution is 6.32. The Labute approximate surface area is 112 Å². The van der Waals surface area contributed by atoms with Gasteiger partial charge in [-0.3, -0.25) is 4.79 Å². The van der Waals surface area contributed by atoms with Gasteiger partial charge in [0.05, 0.1) is 5.56 Å². The fraction of sp³-hybridized carbons (Fsp3) is 0.583. The van der Waals surface area contributed by atoms with E-state index in [1.165, 1.54) is 0 Å². The molecule has 0 aliphatic carbocycles. The first-order chi connectivity index (χ1) is 8.58. The summed E-state index contributed by atoms with van der Waals surface area (Å²) in [5.41, 5.74) is 0.289. The van der Waals surface area contributed by atoms with Gasteiger partial charge in [-0.15, -0.1) is 0 Å². The first-order valence-corrected chi connectivity index (χ1v) is 6.30. The molecule has 0 fully saturated rings. The number of aldehydes is 1. The van der Waals surface area contributed by atoms with E-state index in [0.717, 1.165) is 12.8 Å². The Morgan fingerprint density at radius 2 is 2.22 bits per heavy atom. The molecule has 100 valence electrons. The van der Waals surface area contributed by atoms with Crippen molar-refractivity contribution < 1.29 is 9.90 Å². The van der Waals surface area contributed by atoms with Gasteiger partial charge in [-0.2, -0.15) is 0 Å². The van der Waals surface area contributed by atoms with E-state index in [1.54, 1.807) is 6.92 Å². The number of aromatic nitrogens is 2. The number of nitrogens with one attached hydrogen (secondary N) is 1. The first-order valence-electron chi connectivity index (χ1n) is 5.92. The van der Waals surface area contributed by atoms with Gasteiger partial charge in [0.1, 0.15) is 16.8 Å². The van der Waals surface area contributed by atoms with E-state index < -0.39 is 0 Å². The molecule has 5 nitrogen and oxygen atoms in total. The summed E-state index contributed by atoms with van der Waals surface area (Å²) >= 11 is 5.87. The Kier molecular flexibility index (Phi) is 6.01. The number of nitrogens with zero attached hydrogens (tertiary/aromatic N) is 2. The van der Waals surface area contributed by atoms with Gasteiger partial charge in [0.15, 0.2) is 6.29 Å². The van der Waals surface area contributed by atoms with Crippen LogP contribution in [0.2, 0.25) is 5.15 Å². The van der Waals surface area contributed by atoms with Crippen molar-refractivity contribution in [2.24, 2.45) is 5.92 Å². The van der Waals surface area contributed by atoms with E-state index >= 15 is 0 Å². The van der Waals surface area contributed by atoms with Crippen molar-refractivity contribution in [3.05, 3.63) is 16.5 Å². The van der Waals surface area contributed by atoms with Gasteiger partial charge in [0, 0.05) is 13.2 Å². The van der Waals surface area contributed by atoms with Crippen LogP contribution in [0.25, 0.3) is 0 Å². The number of rotatable bonds is 7. The highest BCUT2D eigenvalue weighted by atomic mass is 35.5. The maximum atomic E-state index is 10.9. The number of aliphatic hydroxyl groups excluding tert-OH is 1. The fourth-order valence-electron chi connectivity index (χ4n) is 1.53. The maximum Gasteiger partial charge on any atom is 0.156 e. The van der Waals surface area contributed by atoms with Gasteiger partial charge in [-0.05, 0) is 25.7 Å². The molecular weight excluding hydrogens is 254 g/mol. The topological polar surface area (TPSA) is 75.1 Å². The van der Waals surface area contributed by atoms with Crippen LogP contribution in [0.3, 0.4) is 0 Å². The monoisotopic (exact) mass is 271 g/mol. The third-order valence-corrected chi connectivity index (χ3v) is 2.89. The number of carbonyl (C=O) groups excluding carboxylic acids is 1. The van der Waals surface area contributed by atoms with E-state index in [-0.39, 0.29) is 23.2 Å². The van der Waals surface area contributed by atoms with Gasteiger partial charge >= 0.3 is 0 Å². The third kappa shape index (κ3) is 4.23. The predicted octanol–water partition coefficient (Wildman–Crippen LogP) is 2.07. The molecule has 6 heteroatoms. The number of hydrogen-bond acceptors (Lipinski definition) is 5. The maximum absolute atomic E-state index is 10.9. The summed E-state index contributed by atoms with van der Waals surface area (Å²) in [7, 11) is 0. The lowest BCUT2D eigenvalue weighted by molar-refractivity contribution is 0.112. The highest BCUT2D eigenvalue weighted by Gasteiger charge is 2.10. The summed E-state index contributed by atoms with van der Waals surface area (Å²) in [5, 5.41) is 12.1. The summed E-state index contributed by atoms with van der Waals surface area (Å²) in [6.07, 6.45) is 2.46. The molecule has 1 unspecified atom stereocenters. The van der Waals surface area contributed by atoms with Crippen molar-refractivity contribution in [3.8, 4) is 0 Å². The Balaban J connectivity index is 2.59. The molecule has 0 spiro atoms. The Morgan fingerprint density at radius 1 is 1.50 bits per heavy atom. The molecule has 0 saturated heterocycles. The SMILES string of the molecule is Cc1nc(Cl)c(C=O)c(NCCCC(C)CO)n1. The number of carbonyl (C=O) groups is 1. The van der Waals surface area contributed by atoms with Crippen LogP contribution in [0.5, 0.6) is 0 Å². The van der Waals surface area contributed by atoms with Gasteiger partial charge < -0.3 is 10.4 Å². The second kappa shape index (κ2) is 7.28. The number of halogens is 1. The summed E-state index contributed by atoms with van der Waals surface area (Å²) in [6, 6.07) is 0. The molecule has 2 N–H and O–H groups in total. The smallest absolute Gasteiger partial charge is 0.156 e. The first kappa shape index (κ1) is 14.9. The van der Waals surface area contributed by atoms with Crippen LogP contribution >= 0.6 is 11.6 Å². The quantitative estimate of drug-likeness (QED) is 0.451. The number of hydrogen-bond donors (Lipinski definition) is 2. The van der Waals surface area contributed by atoms with Crippen molar-refractivity contribution in [1.29, 1.82) is 0 Å². The van der Waals surface area contributed by atoms with E-state index in [2.05, 4.69) is 15.3 Å². The van der Waals surface area contributed by atoms with Crippen LogP contribution in [0.4, 0.5) is 5.82 Å². The minimum Gasteiger partial charge on any atom is -0.396 e. The molecular formula is C12H18ClN3O2. The van der Waals surface area contributed by atoms with Crippen LogP contribution in [0.15, 0.2) is 0 Å². The summed E-state index contributed by atoms with van der Waals surface area (Å²) in [6.45, 7) is 4.58. The molecule has 0 aromatic carbocycles. The van der Waals surface area contributed by atoms with Crippen molar-refractivity contribution >= 4 is 23.7 Å². The van der Waals surface area contributed by atoms with Gasteiger partial charge in [0.2, 0.25) is 0 Å². The van der Waals surface area contributed by atoms with Crippen LogP contribution < -0.4 is 5.32 Å². The Bertz CT molecular complexity index is 413. The Hall–Kier alpha value is -1.20. The molecule has 18 heavy (non-hydrogen) atoms. The zero-order valence-electron chi connectivity index (χ0n) is 10.6. The largest absolute Gasteiger partial charge is 0.396 e. The normalized spacial score (nSPS) is 12.2. The zero-order chi connectivity index (χ0) is 13.5. The lowest BCUT2D eigenvalue weighted by Gasteiger charge is -2.11. The van der Waals surface area contributed by atoms with E-state index in [1.807, 2.05) is 6.92 Å². The zero-order valence-corrected chi connectivity index (χ0v) is 11.4. The van der Waals surface area contributed by atoms with Crippen LogP contribution in [-0.2, 0) is 0 Å². The molecule has 1 aromatic heterocycles. The molecule has 1 rings (SSSR count). The molecule has 0 radical (unpaired) electrons. The summed E-state index contributed by atoms with van der Waals surface area (Å²) in [4.78, 5) is 19.0. The Morgan fingerprint density at radius 3 is 2.83 bits per heavy atom. The minimum atomic E-state index is 0.170. The van der Waals surface area contributed by atoms with Crippen LogP contribution in [0, 0.1) is 12.8 Å². The minimum absolute atomic E-state index is 0.170. The van der Waals surface area contributed by atoms with Crippen molar-refractivity contribution in [3.63, 3.8) is 0 Å². The van der Waals surface area contributed by atoms with Gasteiger partial charge in [0.25, 0.3) is 0 Å². The molecule has 0 aliphatic rings. The molecule has 1 atom stereocenters. The molecule has 1 heterocycles. The summed E-state index contributed by atoms with van der Waals surface area (Å²) < 4.78 is 0. The lowest BCUT2D eigenvalue weighted by Crippen LogP contribution is -2.10. The molecule has 1 aromatic rings. The lowest BCUT2D eigenvalue weighted by atomic mass is 10.1. The van der Waals surface area contributed by atoms with Crippen LogP contribution in [-0.4, -0.2) is 34.5 Å². The summed E-state index contributed by atoms with van der Waals surface area (Å²) in [5.74, 6) is 1.28. The molecule has 0 saturated carbocycles. The molecule has 0 amide bonds. The van der Waals surface area contributed by atoms with Gasteiger partial charge in [-0.25, -0.2) is 9.97 Å². The average molecular weight is 272 g/mol. The van der Waals surface area contributed by atoms with Crippen molar-refractivity contribution in [2.45, 2.75) is 26.7 Å². The molecule has 0 bridgehead atoms. The third-order valence-electron chi connectivity index (χ3n) is 2.61. The van der Waals surface area contributed by atoms with E-state index in [0.29, 0.717) is 24.5 Å². The fourth-order valence-corrected chi connectivity index (χ4v) is 1.79. The number of aliphatic hydroxyl groups is 1. The average Bonchev–Trinajstić information content (AvgIpc) is 2.33. The second-order valence-electron chi connectivity index (χ2n) is 4.30. The van der Waals surface area contributed by atoms with Gasteiger partial charge in [-0.1, -0.05) is 18.5 Å².